The van der Waals surface area contributed by atoms with Crippen molar-refractivity contribution in [2.75, 3.05) is 54.5 Å². The Labute approximate surface area is 164 Å². The number of nitrogens with one attached hydrogen (secondary N) is 2. The van der Waals surface area contributed by atoms with E-state index in [0.29, 0.717) is 5.95 Å². The van der Waals surface area contributed by atoms with E-state index in [1.165, 1.54) is 24.9 Å². The summed E-state index contributed by atoms with van der Waals surface area (Å²) in [4.78, 5) is 17.5. The van der Waals surface area contributed by atoms with Crippen LogP contribution in [0.3, 0.4) is 0 Å². The third-order valence-electron chi connectivity index (χ3n) is 5.55. The molecule has 2 fully saturated rings. The topological polar surface area (TPSA) is 69.3 Å². The van der Waals surface area contributed by atoms with Crippen molar-refractivity contribution in [2.24, 2.45) is 0 Å². The molecule has 3 aromatic rings. The van der Waals surface area contributed by atoms with Gasteiger partial charge in [-0.1, -0.05) is 0 Å². The highest BCUT2D eigenvalue weighted by molar-refractivity contribution is 5.89. The van der Waals surface area contributed by atoms with E-state index in [2.05, 4.69) is 55.4 Å². The first kappa shape index (κ1) is 17.3. The Morgan fingerprint density at radius 1 is 0.857 bits per heavy atom. The van der Waals surface area contributed by atoms with E-state index in [1.807, 2.05) is 6.20 Å². The lowest BCUT2D eigenvalue weighted by Crippen LogP contribution is -2.36. The molecule has 7 heteroatoms. The lowest BCUT2D eigenvalue weighted by Gasteiger charge is -2.29. The van der Waals surface area contributed by atoms with E-state index in [4.69, 9.17) is 9.72 Å². The van der Waals surface area contributed by atoms with Gasteiger partial charge < -0.3 is 24.8 Å². The molecule has 0 spiro atoms. The quantitative estimate of drug-likeness (QED) is 0.724. The number of benzene rings is 1. The summed E-state index contributed by atoms with van der Waals surface area (Å²) in [5, 5.41) is 4.48. The largest absolute Gasteiger partial charge is 0.378 e. The third-order valence-corrected chi connectivity index (χ3v) is 5.55. The fourth-order valence-electron chi connectivity index (χ4n) is 4.03. The lowest BCUT2D eigenvalue weighted by molar-refractivity contribution is 0.122. The van der Waals surface area contributed by atoms with Crippen LogP contribution in [0.25, 0.3) is 11.0 Å². The molecule has 2 N–H and O–H groups in total. The number of rotatable bonds is 4. The van der Waals surface area contributed by atoms with Crippen molar-refractivity contribution in [3.8, 4) is 0 Å². The van der Waals surface area contributed by atoms with Crippen LogP contribution in [0.4, 0.5) is 23.1 Å². The zero-order valence-electron chi connectivity index (χ0n) is 16.0. The number of aromatic nitrogens is 3. The molecule has 0 radical (unpaired) electrons. The van der Waals surface area contributed by atoms with E-state index in [9.17, 15) is 0 Å². The van der Waals surface area contributed by atoms with Crippen molar-refractivity contribution in [1.82, 2.24) is 15.0 Å². The first-order valence-corrected chi connectivity index (χ1v) is 10.2. The van der Waals surface area contributed by atoms with Gasteiger partial charge in [-0.3, -0.25) is 0 Å². The number of ether oxygens (including phenoxy) is 1. The molecule has 0 unspecified atom stereocenters. The monoisotopic (exact) mass is 378 g/mol. The van der Waals surface area contributed by atoms with E-state index < -0.39 is 0 Å². The number of morpholine rings is 1. The highest BCUT2D eigenvalue weighted by Gasteiger charge is 2.18. The minimum Gasteiger partial charge on any atom is -0.378 e. The SMILES string of the molecule is c1cc2c(N3CCCCC3)nc(Nc3ccc(N4CCOCC4)cc3)nc2[nH]1. The zero-order chi connectivity index (χ0) is 18.8. The second-order valence-electron chi connectivity index (χ2n) is 7.43. The van der Waals surface area contributed by atoms with Crippen LogP contribution in [-0.2, 0) is 4.74 Å². The van der Waals surface area contributed by atoms with Gasteiger partial charge in [0, 0.05) is 43.8 Å². The number of hydrogen-bond acceptors (Lipinski definition) is 6. The van der Waals surface area contributed by atoms with Gasteiger partial charge in [-0.05, 0) is 49.6 Å². The molecule has 28 heavy (non-hydrogen) atoms. The maximum absolute atomic E-state index is 5.44. The van der Waals surface area contributed by atoms with Crippen LogP contribution >= 0.6 is 0 Å². The van der Waals surface area contributed by atoms with Gasteiger partial charge in [0.1, 0.15) is 11.5 Å². The fraction of sp³-hybridized carbons (Fsp3) is 0.429. The number of fused-ring (bicyclic) bond motifs is 1. The molecule has 0 atom stereocenters. The Bertz CT molecular complexity index is 926. The average molecular weight is 378 g/mol. The Balaban J connectivity index is 1.38. The van der Waals surface area contributed by atoms with E-state index in [1.54, 1.807) is 0 Å². The summed E-state index contributed by atoms with van der Waals surface area (Å²) in [5.74, 6) is 1.66. The van der Waals surface area contributed by atoms with Gasteiger partial charge in [-0.15, -0.1) is 0 Å². The standard InChI is InChI=1S/C21H26N6O/c1-2-10-27(11-3-1)20-18-8-9-22-19(18)24-21(25-20)23-16-4-6-17(7-5-16)26-12-14-28-15-13-26/h4-9H,1-3,10-15H2,(H2,22,23,24,25). The molecule has 0 aliphatic carbocycles. The van der Waals surface area contributed by atoms with Gasteiger partial charge in [0.05, 0.1) is 18.6 Å². The molecule has 0 bridgehead atoms. The van der Waals surface area contributed by atoms with Crippen LogP contribution in [-0.4, -0.2) is 54.3 Å². The van der Waals surface area contributed by atoms with Crippen molar-refractivity contribution in [3.63, 3.8) is 0 Å². The molecule has 7 nitrogen and oxygen atoms in total. The first-order valence-electron chi connectivity index (χ1n) is 10.2. The van der Waals surface area contributed by atoms with Crippen LogP contribution in [0, 0.1) is 0 Å². The fourth-order valence-corrected chi connectivity index (χ4v) is 4.03. The number of piperidine rings is 1. The van der Waals surface area contributed by atoms with Crippen molar-refractivity contribution < 1.29 is 4.74 Å². The van der Waals surface area contributed by atoms with Crippen LogP contribution in [0.5, 0.6) is 0 Å². The van der Waals surface area contributed by atoms with Gasteiger partial charge in [0.2, 0.25) is 5.95 Å². The number of nitrogens with zero attached hydrogens (tertiary/aromatic N) is 4. The summed E-state index contributed by atoms with van der Waals surface area (Å²) < 4.78 is 5.44. The molecule has 5 rings (SSSR count). The second kappa shape index (κ2) is 7.67. The first-order chi connectivity index (χ1) is 13.9. The van der Waals surface area contributed by atoms with Crippen molar-refractivity contribution in [3.05, 3.63) is 36.5 Å². The molecule has 0 saturated carbocycles. The van der Waals surface area contributed by atoms with E-state index in [0.717, 1.165) is 61.9 Å². The average Bonchev–Trinajstić information content (AvgIpc) is 3.24. The molecule has 2 saturated heterocycles. The van der Waals surface area contributed by atoms with Gasteiger partial charge in [-0.25, -0.2) is 0 Å². The summed E-state index contributed by atoms with van der Waals surface area (Å²) in [6.07, 6.45) is 5.69. The minimum absolute atomic E-state index is 0.634. The van der Waals surface area contributed by atoms with Crippen molar-refractivity contribution in [2.45, 2.75) is 19.3 Å². The molecule has 2 aliphatic rings. The van der Waals surface area contributed by atoms with Crippen molar-refractivity contribution in [1.29, 1.82) is 0 Å². The highest BCUT2D eigenvalue weighted by Crippen LogP contribution is 2.28. The lowest BCUT2D eigenvalue weighted by atomic mass is 10.1. The van der Waals surface area contributed by atoms with Gasteiger partial charge in [0.15, 0.2) is 0 Å². The van der Waals surface area contributed by atoms with Gasteiger partial charge >= 0.3 is 0 Å². The number of anilines is 4. The van der Waals surface area contributed by atoms with E-state index in [-0.39, 0.29) is 0 Å². The van der Waals surface area contributed by atoms with Gasteiger partial charge in [0.25, 0.3) is 0 Å². The number of H-pyrrole nitrogens is 1. The zero-order valence-corrected chi connectivity index (χ0v) is 16.0. The summed E-state index contributed by atoms with van der Waals surface area (Å²) in [6.45, 7) is 5.60. The smallest absolute Gasteiger partial charge is 0.231 e. The molecular formula is C21H26N6O. The Morgan fingerprint density at radius 3 is 2.43 bits per heavy atom. The molecule has 146 valence electrons. The van der Waals surface area contributed by atoms with Crippen LogP contribution in [0.1, 0.15) is 19.3 Å². The van der Waals surface area contributed by atoms with Crippen LogP contribution in [0.2, 0.25) is 0 Å². The molecule has 2 aliphatic heterocycles. The van der Waals surface area contributed by atoms with Gasteiger partial charge in [-0.2, -0.15) is 9.97 Å². The molecule has 4 heterocycles. The maximum Gasteiger partial charge on any atom is 0.231 e. The number of hydrogen-bond donors (Lipinski definition) is 2. The minimum atomic E-state index is 0.634. The maximum atomic E-state index is 5.44. The van der Waals surface area contributed by atoms with Crippen LogP contribution in [0.15, 0.2) is 36.5 Å². The molecule has 2 aromatic heterocycles. The molecule has 0 amide bonds. The molecular weight excluding hydrogens is 352 g/mol. The second-order valence-corrected chi connectivity index (χ2v) is 7.43. The summed E-state index contributed by atoms with van der Waals surface area (Å²) in [5.41, 5.74) is 3.10. The summed E-state index contributed by atoms with van der Waals surface area (Å²) >= 11 is 0. The van der Waals surface area contributed by atoms with Crippen molar-refractivity contribution >= 4 is 34.2 Å². The Hall–Kier alpha value is -2.80. The third kappa shape index (κ3) is 3.49. The Morgan fingerprint density at radius 2 is 1.64 bits per heavy atom. The molecule has 1 aromatic carbocycles. The normalized spacial score (nSPS) is 17.9. The predicted molar refractivity (Wildman–Crippen MR) is 113 cm³/mol. The summed E-state index contributed by atoms with van der Waals surface area (Å²) in [6, 6.07) is 10.5. The highest BCUT2D eigenvalue weighted by atomic mass is 16.5. The predicted octanol–water partition coefficient (Wildman–Crippen LogP) is 3.53. The summed E-state index contributed by atoms with van der Waals surface area (Å²) in [7, 11) is 0. The number of aromatic amines is 1. The van der Waals surface area contributed by atoms with E-state index >= 15 is 0 Å². The van der Waals surface area contributed by atoms with Crippen LogP contribution < -0.4 is 15.1 Å². The Kier molecular flexibility index (Phi) is 4.74.